The number of benzene rings is 1. The van der Waals surface area contributed by atoms with Gasteiger partial charge in [0.25, 0.3) is 0 Å². The lowest BCUT2D eigenvalue weighted by molar-refractivity contribution is 0.230. The molecule has 0 heterocycles. The first kappa shape index (κ1) is 13.2. The van der Waals surface area contributed by atoms with Gasteiger partial charge in [-0.25, -0.2) is 0 Å². The van der Waals surface area contributed by atoms with Crippen LogP contribution in [0.4, 0.5) is 0 Å². The molecule has 6 heteroatoms. The topological polar surface area (TPSA) is 58.9 Å². The summed E-state index contributed by atoms with van der Waals surface area (Å²) < 4.78 is 10.6. The van der Waals surface area contributed by atoms with Crippen molar-refractivity contribution < 1.29 is 19.5 Å². The molecule has 0 aliphatic rings. The van der Waals surface area contributed by atoms with Crippen LogP contribution in [-0.4, -0.2) is 30.4 Å². The van der Waals surface area contributed by atoms with Crippen LogP contribution in [0.2, 0.25) is 5.02 Å². The molecule has 2 N–H and O–H groups in total. The highest BCUT2D eigenvalue weighted by Gasteiger charge is 2.19. The number of hydrogen-bond acceptors (Lipinski definition) is 4. The Morgan fingerprint density at radius 1 is 1.25 bits per heavy atom. The minimum absolute atomic E-state index is 0.0186. The molecule has 0 aromatic heterocycles. The molecule has 0 radical (unpaired) electrons. The molecule has 16 heavy (non-hydrogen) atoms. The van der Waals surface area contributed by atoms with Gasteiger partial charge in [-0.3, -0.25) is 0 Å². The summed E-state index contributed by atoms with van der Waals surface area (Å²) in [7, 11) is -0.154. The quantitative estimate of drug-likeness (QED) is 0.770. The van der Waals surface area contributed by atoms with Crippen molar-refractivity contribution in [2.45, 2.75) is 20.0 Å². The maximum atomic E-state index is 9.07. The lowest BCUT2D eigenvalue weighted by Crippen LogP contribution is -2.31. The minimum Gasteiger partial charge on any atom is -0.493 e. The van der Waals surface area contributed by atoms with Crippen molar-refractivity contribution in [1.29, 1.82) is 0 Å². The van der Waals surface area contributed by atoms with Gasteiger partial charge in [-0.05, 0) is 19.9 Å². The zero-order valence-corrected chi connectivity index (χ0v) is 10.2. The Labute approximate surface area is 99.9 Å². The molecule has 0 fully saturated rings. The third-order valence-electron chi connectivity index (χ3n) is 1.92. The van der Waals surface area contributed by atoms with Crippen LogP contribution in [-0.2, 0) is 0 Å². The molecule has 1 aromatic rings. The highest BCUT2D eigenvalue weighted by atomic mass is 35.5. The molecule has 0 amide bonds. The van der Waals surface area contributed by atoms with E-state index in [2.05, 4.69) is 0 Å². The van der Waals surface area contributed by atoms with Crippen LogP contribution in [0.25, 0.3) is 0 Å². The monoisotopic (exact) mass is 244 g/mol. The number of rotatable bonds is 4. The summed E-state index contributed by atoms with van der Waals surface area (Å²) in [6.45, 7) is 3.75. The Balaban J connectivity index is 3.15. The minimum atomic E-state index is -1.63. The van der Waals surface area contributed by atoms with Crippen LogP contribution >= 0.6 is 11.6 Å². The summed E-state index contributed by atoms with van der Waals surface area (Å²) in [6, 6.07) is 2.96. The predicted octanol–water partition coefficient (Wildman–Crippen LogP) is 0.816. The van der Waals surface area contributed by atoms with E-state index in [1.54, 1.807) is 0 Å². The molecule has 0 unspecified atom stereocenters. The Hall–Kier alpha value is -0.905. The van der Waals surface area contributed by atoms with Crippen LogP contribution < -0.4 is 14.9 Å². The second-order valence-electron chi connectivity index (χ2n) is 3.56. The molecule has 0 atom stereocenters. The standard InChI is InChI=1S/C10H14BClO4/c1-6(2)16-10-5-8(12)7(11(13)14)4-9(10)15-3/h4-6,13-14H,1-3H3. The van der Waals surface area contributed by atoms with Crippen molar-refractivity contribution in [3.63, 3.8) is 0 Å². The lowest BCUT2D eigenvalue weighted by atomic mass is 9.80. The number of halogens is 1. The fraction of sp³-hybridized carbons (Fsp3) is 0.400. The maximum absolute atomic E-state index is 9.07. The molecule has 1 rings (SSSR count). The zero-order chi connectivity index (χ0) is 12.3. The van der Waals surface area contributed by atoms with Gasteiger partial charge >= 0.3 is 7.12 Å². The number of ether oxygens (including phenoxy) is 2. The van der Waals surface area contributed by atoms with E-state index in [0.29, 0.717) is 11.5 Å². The maximum Gasteiger partial charge on any atom is 0.490 e. The highest BCUT2D eigenvalue weighted by Crippen LogP contribution is 2.29. The Morgan fingerprint density at radius 2 is 1.88 bits per heavy atom. The van der Waals surface area contributed by atoms with Gasteiger partial charge in [0, 0.05) is 16.6 Å². The third-order valence-corrected chi connectivity index (χ3v) is 2.25. The van der Waals surface area contributed by atoms with Crippen molar-refractivity contribution in [2.24, 2.45) is 0 Å². The van der Waals surface area contributed by atoms with E-state index in [1.807, 2.05) is 13.8 Å². The van der Waals surface area contributed by atoms with Crippen LogP contribution in [0.1, 0.15) is 13.8 Å². The molecular weight excluding hydrogens is 230 g/mol. The Kier molecular flexibility index (Phi) is 4.47. The van der Waals surface area contributed by atoms with Gasteiger partial charge in [-0.15, -0.1) is 0 Å². The average molecular weight is 244 g/mol. The SMILES string of the molecule is COc1cc(B(O)O)c(Cl)cc1OC(C)C. The van der Waals surface area contributed by atoms with E-state index < -0.39 is 7.12 Å². The van der Waals surface area contributed by atoms with Crippen molar-refractivity contribution >= 4 is 24.2 Å². The molecule has 0 aliphatic carbocycles. The molecule has 0 aliphatic heterocycles. The van der Waals surface area contributed by atoms with Gasteiger partial charge in [0.05, 0.1) is 13.2 Å². The van der Waals surface area contributed by atoms with E-state index in [0.717, 1.165) is 0 Å². The first-order valence-electron chi connectivity index (χ1n) is 4.86. The molecule has 0 saturated carbocycles. The summed E-state index contributed by atoms with van der Waals surface area (Å²) in [6.07, 6.45) is -0.0186. The molecular formula is C10H14BClO4. The van der Waals surface area contributed by atoms with Gasteiger partial charge in [0.2, 0.25) is 0 Å². The molecule has 1 aromatic carbocycles. The highest BCUT2D eigenvalue weighted by molar-refractivity contribution is 6.62. The Bertz CT molecular complexity index is 368. The number of methoxy groups -OCH3 is 1. The number of hydrogen-bond donors (Lipinski definition) is 2. The molecule has 0 saturated heterocycles. The normalized spacial score (nSPS) is 10.4. The third kappa shape index (κ3) is 3.04. The molecule has 0 bridgehead atoms. The van der Waals surface area contributed by atoms with Gasteiger partial charge in [-0.1, -0.05) is 11.6 Å². The van der Waals surface area contributed by atoms with Gasteiger partial charge in [0.15, 0.2) is 11.5 Å². The van der Waals surface area contributed by atoms with Crippen molar-refractivity contribution in [3.05, 3.63) is 17.2 Å². The summed E-state index contributed by atoms with van der Waals surface area (Å²) >= 11 is 5.88. The van der Waals surface area contributed by atoms with Crippen molar-refractivity contribution in [1.82, 2.24) is 0 Å². The summed E-state index contributed by atoms with van der Waals surface area (Å²) in [5, 5.41) is 18.4. The van der Waals surface area contributed by atoms with E-state index in [4.69, 9.17) is 31.1 Å². The summed E-state index contributed by atoms with van der Waals surface area (Å²) in [5.41, 5.74) is 0.189. The van der Waals surface area contributed by atoms with Crippen molar-refractivity contribution in [3.8, 4) is 11.5 Å². The van der Waals surface area contributed by atoms with Crippen LogP contribution in [0.15, 0.2) is 12.1 Å². The fourth-order valence-electron chi connectivity index (χ4n) is 1.25. The smallest absolute Gasteiger partial charge is 0.490 e. The van der Waals surface area contributed by atoms with Crippen LogP contribution in [0, 0.1) is 0 Å². The van der Waals surface area contributed by atoms with E-state index >= 15 is 0 Å². The summed E-state index contributed by atoms with van der Waals surface area (Å²) in [4.78, 5) is 0. The van der Waals surface area contributed by atoms with E-state index in [-0.39, 0.29) is 16.6 Å². The van der Waals surface area contributed by atoms with Gasteiger partial charge < -0.3 is 19.5 Å². The first-order valence-corrected chi connectivity index (χ1v) is 5.23. The zero-order valence-electron chi connectivity index (χ0n) is 9.40. The lowest BCUT2D eigenvalue weighted by Gasteiger charge is -2.15. The second kappa shape index (κ2) is 5.43. The van der Waals surface area contributed by atoms with Gasteiger partial charge in [-0.2, -0.15) is 0 Å². The largest absolute Gasteiger partial charge is 0.493 e. The molecule has 0 spiro atoms. The Morgan fingerprint density at radius 3 is 2.31 bits per heavy atom. The fourth-order valence-corrected chi connectivity index (χ4v) is 1.51. The van der Waals surface area contributed by atoms with Crippen LogP contribution in [0.3, 0.4) is 0 Å². The molecule has 88 valence electrons. The molecule has 4 nitrogen and oxygen atoms in total. The van der Waals surface area contributed by atoms with Crippen LogP contribution in [0.5, 0.6) is 11.5 Å². The van der Waals surface area contributed by atoms with Gasteiger partial charge in [0.1, 0.15) is 0 Å². The van der Waals surface area contributed by atoms with E-state index in [9.17, 15) is 0 Å². The average Bonchev–Trinajstić information content (AvgIpc) is 2.16. The second-order valence-corrected chi connectivity index (χ2v) is 3.97. The summed E-state index contributed by atoms with van der Waals surface area (Å²) in [5.74, 6) is 0.896. The van der Waals surface area contributed by atoms with Crippen molar-refractivity contribution in [2.75, 3.05) is 7.11 Å². The first-order chi connectivity index (χ1) is 7.45. The van der Waals surface area contributed by atoms with E-state index in [1.165, 1.54) is 19.2 Å². The predicted molar refractivity (Wildman–Crippen MR) is 63.6 cm³/mol.